The molecule has 2 heterocycles. The van der Waals surface area contributed by atoms with Crippen molar-refractivity contribution in [2.45, 2.75) is 0 Å². The van der Waals surface area contributed by atoms with Gasteiger partial charge in [0.25, 0.3) is 5.91 Å². The fourth-order valence-electron chi connectivity index (χ4n) is 1.37. The number of nitrogens with zero attached hydrogens (tertiary/aromatic N) is 2. The SMILES string of the molecule is O=[C]C(=Cc1ccccn1)C(=O)Nc1ccccn1. The fraction of sp³-hybridized carbons (Fsp3) is 0. The summed E-state index contributed by atoms with van der Waals surface area (Å²) in [5, 5.41) is 2.50. The molecule has 0 spiro atoms. The highest BCUT2D eigenvalue weighted by Gasteiger charge is 2.10. The average molecular weight is 252 g/mol. The van der Waals surface area contributed by atoms with E-state index in [1.54, 1.807) is 55.1 Å². The third kappa shape index (κ3) is 3.57. The van der Waals surface area contributed by atoms with E-state index in [9.17, 15) is 9.59 Å². The lowest BCUT2D eigenvalue weighted by Crippen LogP contribution is -2.16. The van der Waals surface area contributed by atoms with Crippen LogP contribution in [0.15, 0.2) is 54.4 Å². The van der Waals surface area contributed by atoms with Crippen molar-refractivity contribution in [1.29, 1.82) is 0 Å². The summed E-state index contributed by atoms with van der Waals surface area (Å²) < 4.78 is 0. The van der Waals surface area contributed by atoms with Crippen molar-refractivity contribution in [3.05, 3.63) is 60.1 Å². The van der Waals surface area contributed by atoms with E-state index < -0.39 is 5.91 Å². The van der Waals surface area contributed by atoms with Crippen LogP contribution in [-0.4, -0.2) is 22.2 Å². The lowest BCUT2D eigenvalue weighted by atomic mass is 10.2. The van der Waals surface area contributed by atoms with Crippen LogP contribution in [0.25, 0.3) is 6.08 Å². The Hall–Kier alpha value is -2.82. The number of pyridine rings is 2. The first-order valence-corrected chi connectivity index (χ1v) is 5.53. The number of aromatic nitrogens is 2. The Morgan fingerprint density at radius 2 is 1.84 bits per heavy atom. The van der Waals surface area contributed by atoms with Crippen LogP contribution in [0.4, 0.5) is 5.82 Å². The highest BCUT2D eigenvalue weighted by molar-refractivity contribution is 6.19. The Morgan fingerprint density at radius 1 is 1.11 bits per heavy atom. The number of hydrogen-bond donors (Lipinski definition) is 1. The summed E-state index contributed by atoms with van der Waals surface area (Å²) in [6, 6.07) is 10.3. The van der Waals surface area contributed by atoms with Crippen LogP contribution in [0.3, 0.4) is 0 Å². The molecule has 0 bridgehead atoms. The van der Waals surface area contributed by atoms with Crippen molar-refractivity contribution in [3.8, 4) is 0 Å². The maximum absolute atomic E-state index is 11.8. The lowest BCUT2D eigenvalue weighted by Gasteiger charge is -2.02. The summed E-state index contributed by atoms with van der Waals surface area (Å²) in [5.74, 6) is -0.200. The molecule has 2 aromatic heterocycles. The van der Waals surface area contributed by atoms with Crippen molar-refractivity contribution in [3.63, 3.8) is 0 Å². The summed E-state index contributed by atoms with van der Waals surface area (Å²) in [7, 11) is 0. The molecule has 0 aliphatic heterocycles. The van der Waals surface area contributed by atoms with Crippen molar-refractivity contribution in [2.75, 3.05) is 5.32 Å². The molecule has 2 aromatic rings. The molecule has 0 unspecified atom stereocenters. The van der Waals surface area contributed by atoms with Crippen molar-refractivity contribution >= 4 is 24.1 Å². The van der Waals surface area contributed by atoms with Crippen LogP contribution in [0.5, 0.6) is 0 Å². The van der Waals surface area contributed by atoms with Gasteiger partial charge in [-0.2, -0.15) is 0 Å². The number of anilines is 1. The van der Waals surface area contributed by atoms with E-state index in [1.807, 2.05) is 0 Å². The van der Waals surface area contributed by atoms with Crippen molar-refractivity contribution < 1.29 is 9.59 Å². The summed E-state index contributed by atoms with van der Waals surface area (Å²) in [6.07, 6.45) is 6.09. The first-order chi connectivity index (χ1) is 9.29. The topological polar surface area (TPSA) is 72.0 Å². The standard InChI is InChI=1S/C14H10N3O2/c18-10-11(9-12-5-1-3-7-15-12)14(19)17-13-6-2-4-8-16-13/h1-9H,(H,16,17,19). The molecule has 1 radical (unpaired) electrons. The third-order valence-corrected chi connectivity index (χ3v) is 2.24. The van der Waals surface area contributed by atoms with Gasteiger partial charge in [-0.05, 0) is 30.3 Å². The van der Waals surface area contributed by atoms with Crippen LogP contribution in [0.2, 0.25) is 0 Å². The summed E-state index contributed by atoms with van der Waals surface area (Å²) >= 11 is 0. The van der Waals surface area contributed by atoms with Gasteiger partial charge in [0.15, 0.2) is 0 Å². The molecule has 0 aromatic carbocycles. The summed E-state index contributed by atoms with van der Waals surface area (Å²) in [6.45, 7) is 0. The highest BCUT2D eigenvalue weighted by atomic mass is 16.2. The number of rotatable bonds is 4. The second kappa shape index (κ2) is 6.20. The molecule has 0 saturated heterocycles. The Labute approximate surface area is 110 Å². The average Bonchev–Trinajstić information content (AvgIpc) is 2.47. The minimum Gasteiger partial charge on any atom is -0.306 e. The summed E-state index contributed by atoms with van der Waals surface area (Å²) in [5.41, 5.74) is 0.376. The predicted molar refractivity (Wildman–Crippen MR) is 70.8 cm³/mol. The van der Waals surface area contributed by atoms with Gasteiger partial charge in [0.2, 0.25) is 6.29 Å². The van der Waals surface area contributed by atoms with Gasteiger partial charge in [-0.25, -0.2) is 4.98 Å². The third-order valence-electron chi connectivity index (χ3n) is 2.24. The van der Waals surface area contributed by atoms with Crippen molar-refractivity contribution in [2.24, 2.45) is 0 Å². The zero-order valence-corrected chi connectivity index (χ0v) is 9.91. The molecule has 0 aliphatic rings. The van der Waals surface area contributed by atoms with Crippen LogP contribution in [0, 0.1) is 0 Å². The first-order valence-electron chi connectivity index (χ1n) is 5.53. The van der Waals surface area contributed by atoms with Crippen LogP contribution < -0.4 is 5.32 Å². The fourth-order valence-corrected chi connectivity index (χ4v) is 1.37. The van der Waals surface area contributed by atoms with E-state index in [1.165, 1.54) is 6.08 Å². The molecule has 93 valence electrons. The number of carbonyl (C=O) groups excluding carboxylic acids is 2. The van der Waals surface area contributed by atoms with Gasteiger partial charge in [-0.3, -0.25) is 14.6 Å². The van der Waals surface area contributed by atoms with E-state index in [0.29, 0.717) is 11.5 Å². The van der Waals surface area contributed by atoms with Gasteiger partial charge < -0.3 is 5.32 Å². The Balaban J connectivity index is 2.16. The van der Waals surface area contributed by atoms with E-state index in [0.717, 1.165) is 0 Å². The van der Waals surface area contributed by atoms with Gasteiger partial charge in [0, 0.05) is 12.4 Å². The van der Waals surface area contributed by atoms with Crippen LogP contribution in [0.1, 0.15) is 5.69 Å². The predicted octanol–water partition coefficient (Wildman–Crippen LogP) is 1.61. The number of carbonyl (C=O) groups is 1. The summed E-state index contributed by atoms with van der Waals surface area (Å²) in [4.78, 5) is 30.6. The molecule has 0 aliphatic carbocycles. The van der Waals surface area contributed by atoms with Crippen LogP contribution >= 0.6 is 0 Å². The molecular weight excluding hydrogens is 242 g/mol. The maximum Gasteiger partial charge on any atom is 0.261 e. The van der Waals surface area contributed by atoms with Gasteiger partial charge in [-0.1, -0.05) is 12.1 Å². The van der Waals surface area contributed by atoms with Gasteiger partial charge in [0.05, 0.1) is 11.3 Å². The monoisotopic (exact) mass is 252 g/mol. The highest BCUT2D eigenvalue weighted by Crippen LogP contribution is 2.06. The Bertz CT molecular complexity index is 595. The lowest BCUT2D eigenvalue weighted by molar-refractivity contribution is -0.112. The molecule has 0 fully saturated rings. The zero-order valence-electron chi connectivity index (χ0n) is 9.91. The number of nitrogens with one attached hydrogen (secondary N) is 1. The molecule has 2 rings (SSSR count). The smallest absolute Gasteiger partial charge is 0.261 e. The van der Waals surface area contributed by atoms with Gasteiger partial charge >= 0.3 is 0 Å². The Morgan fingerprint density at radius 3 is 2.42 bits per heavy atom. The molecule has 19 heavy (non-hydrogen) atoms. The molecule has 5 heteroatoms. The normalized spacial score (nSPS) is 10.8. The molecule has 0 saturated carbocycles. The molecule has 1 N–H and O–H groups in total. The molecule has 0 atom stereocenters. The first kappa shape index (κ1) is 12.6. The second-order valence-electron chi connectivity index (χ2n) is 3.58. The second-order valence-corrected chi connectivity index (χ2v) is 3.58. The van der Waals surface area contributed by atoms with E-state index in [-0.39, 0.29) is 5.57 Å². The largest absolute Gasteiger partial charge is 0.306 e. The Kier molecular flexibility index (Phi) is 4.12. The van der Waals surface area contributed by atoms with Crippen molar-refractivity contribution in [1.82, 2.24) is 9.97 Å². The van der Waals surface area contributed by atoms with E-state index in [4.69, 9.17) is 0 Å². The minimum atomic E-state index is -0.570. The number of hydrogen-bond acceptors (Lipinski definition) is 4. The molecular formula is C14H10N3O2. The number of amides is 1. The zero-order chi connectivity index (χ0) is 13.5. The maximum atomic E-state index is 11.8. The van der Waals surface area contributed by atoms with Crippen LogP contribution in [-0.2, 0) is 9.59 Å². The van der Waals surface area contributed by atoms with E-state index in [2.05, 4.69) is 15.3 Å². The molecule has 1 amide bonds. The van der Waals surface area contributed by atoms with E-state index >= 15 is 0 Å². The van der Waals surface area contributed by atoms with Gasteiger partial charge in [0.1, 0.15) is 5.82 Å². The quantitative estimate of drug-likeness (QED) is 0.509. The van der Waals surface area contributed by atoms with Gasteiger partial charge in [-0.15, -0.1) is 0 Å². The molecule has 5 nitrogen and oxygen atoms in total. The minimum absolute atomic E-state index is 0.135.